The number of hydrogen-bond donors (Lipinski definition) is 2. The van der Waals surface area contributed by atoms with Crippen LogP contribution in [0.15, 0.2) is 30.9 Å². The molecule has 0 saturated heterocycles. The topological polar surface area (TPSA) is 113 Å². The fraction of sp³-hybridized carbons (Fsp3) is 0.381. The Bertz CT molecular complexity index is 1290. The van der Waals surface area contributed by atoms with E-state index >= 15 is 0 Å². The maximum absolute atomic E-state index is 12.4. The molecule has 1 amide bonds. The molecule has 4 heterocycles. The van der Waals surface area contributed by atoms with E-state index in [0.29, 0.717) is 17.5 Å². The van der Waals surface area contributed by atoms with Crippen molar-refractivity contribution in [2.75, 3.05) is 26.5 Å². The first-order chi connectivity index (χ1) is 14.9. The molecule has 0 spiro atoms. The average molecular weight is 420 g/mol. The third-order valence-corrected chi connectivity index (χ3v) is 5.94. The third kappa shape index (κ3) is 3.15. The van der Waals surface area contributed by atoms with E-state index < -0.39 is 0 Å². The first-order valence-electron chi connectivity index (χ1n) is 10.1. The van der Waals surface area contributed by atoms with Crippen molar-refractivity contribution in [1.82, 2.24) is 34.4 Å². The van der Waals surface area contributed by atoms with Crippen LogP contribution in [0.3, 0.4) is 0 Å². The molecule has 4 aromatic heterocycles. The van der Waals surface area contributed by atoms with Crippen molar-refractivity contribution in [1.29, 1.82) is 0 Å². The number of rotatable bonds is 5. The van der Waals surface area contributed by atoms with Gasteiger partial charge >= 0.3 is 0 Å². The van der Waals surface area contributed by atoms with E-state index in [9.17, 15) is 4.79 Å². The number of nitrogens with one attached hydrogen (secondary N) is 2. The lowest BCUT2D eigenvalue weighted by molar-refractivity contribution is -0.143. The Kier molecular flexibility index (Phi) is 4.31. The van der Waals surface area contributed by atoms with Crippen molar-refractivity contribution >= 4 is 28.5 Å². The highest BCUT2D eigenvalue weighted by molar-refractivity contribution is 5.97. The number of hydrogen-bond acceptors (Lipinski definition) is 7. The molecule has 10 heteroatoms. The van der Waals surface area contributed by atoms with Crippen LogP contribution in [-0.2, 0) is 4.79 Å². The molecular weight excluding hydrogens is 396 g/mol. The molecule has 31 heavy (non-hydrogen) atoms. The highest BCUT2D eigenvalue weighted by Crippen LogP contribution is 2.43. The van der Waals surface area contributed by atoms with Crippen molar-refractivity contribution in [3.8, 4) is 17.0 Å². The molecule has 5 rings (SSSR count). The molecule has 0 aliphatic heterocycles. The van der Waals surface area contributed by atoms with E-state index in [1.54, 1.807) is 32.4 Å². The van der Waals surface area contributed by atoms with Crippen LogP contribution in [0.2, 0.25) is 0 Å². The van der Waals surface area contributed by atoms with E-state index in [1.165, 1.54) is 0 Å². The molecule has 1 fully saturated rings. The minimum absolute atomic E-state index is 0.140. The molecule has 0 aromatic carbocycles. The Balaban J connectivity index is 1.43. The highest BCUT2D eigenvalue weighted by atomic mass is 16.5. The van der Waals surface area contributed by atoms with Gasteiger partial charge in [-0.05, 0) is 25.0 Å². The summed E-state index contributed by atoms with van der Waals surface area (Å²) in [5, 5.41) is 12.1. The van der Waals surface area contributed by atoms with E-state index in [0.717, 1.165) is 35.0 Å². The zero-order valence-electron chi connectivity index (χ0n) is 17.9. The SMILES string of the molecule is COc1nc(N[C@H]2C[C@@](C)(C(=O)N(C)C)C2)nc2[nH]cc(-c3ccc4nncn4c3)c12. The molecule has 160 valence electrons. The molecule has 0 atom stereocenters. The molecule has 4 aromatic rings. The predicted molar refractivity (Wildman–Crippen MR) is 116 cm³/mol. The lowest BCUT2D eigenvalue weighted by Crippen LogP contribution is -2.52. The Morgan fingerprint density at radius 2 is 2.13 bits per heavy atom. The van der Waals surface area contributed by atoms with E-state index in [-0.39, 0.29) is 17.4 Å². The van der Waals surface area contributed by atoms with Gasteiger partial charge in [-0.2, -0.15) is 9.97 Å². The number of anilines is 1. The summed E-state index contributed by atoms with van der Waals surface area (Å²) in [7, 11) is 5.18. The summed E-state index contributed by atoms with van der Waals surface area (Å²) in [5.41, 5.74) is 3.02. The average Bonchev–Trinajstić information content (AvgIpc) is 3.37. The van der Waals surface area contributed by atoms with Gasteiger partial charge in [0.25, 0.3) is 0 Å². The summed E-state index contributed by atoms with van der Waals surface area (Å²) in [6, 6.07) is 4.03. The zero-order valence-corrected chi connectivity index (χ0v) is 17.9. The monoisotopic (exact) mass is 420 g/mol. The number of H-pyrrole nitrogens is 1. The Labute approximate surface area is 178 Å². The highest BCUT2D eigenvalue weighted by Gasteiger charge is 2.47. The smallest absolute Gasteiger partial charge is 0.228 e. The van der Waals surface area contributed by atoms with Gasteiger partial charge in [0, 0.05) is 43.7 Å². The molecule has 10 nitrogen and oxygen atoms in total. The first kappa shape index (κ1) is 19.3. The van der Waals surface area contributed by atoms with E-state index in [2.05, 4.69) is 30.5 Å². The second-order valence-corrected chi connectivity index (χ2v) is 8.51. The van der Waals surface area contributed by atoms with E-state index in [4.69, 9.17) is 4.74 Å². The van der Waals surface area contributed by atoms with Crippen LogP contribution >= 0.6 is 0 Å². The summed E-state index contributed by atoms with van der Waals surface area (Å²) in [5.74, 6) is 1.12. The summed E-state index contributed by atoms with van der Waals surface area (Å²) < 4.78 is 7.46. The van der Waals surface area contributed by atoms with Gasteiger partial charge < -0.3 is 19.9 Å². The molecule has 0 radical (unpaired) electrons. The maximum Gasteiger partial charge on any atom is 0.228 e. The van der Waals surface area contributed by atoms with Crippen LogP contribution in [0.5, 0.6) is 5.88 Å². The van der Waals surface area contributed by atoms with Gasteiger partial charge in [0.1, 0.15) is 12.0 Å². The van der Waals surface area contributed by atoms with E-state index in [1.807, 2.05) is 35.9 Å². The molecule has 2 N–H and O–H groups in total. The number of ether oxygens (including phenoxy) is 1. The molecule has 0 bridgehead atoms. The number of aromatic amines is 1. The standard InChI is InChI=1S/C21H24N8O2/c1-21(19(30)28(2)3)7-13(8-21)24-20-25-17-16(18(26-20)31-4)14(9-22-17)12-5-6-15-27-23-11-29(15)10-12/h5-6,9-11,13H,7-8H2,1-4H3,(H2,22,24,25,26)/t13-,21+. The summed E-state index contributed by atoms with van der Waals surface area (Å²) in [4.78, 5) is 26.5. The minimum atomic E-state index is -0.338. The van der Waals surface area contributed by atoms with Crippen LogP contribution in [-0.4, -0.2) is 67.6 Å². The number of aromatic nitrogens is 6. The fourth-order valence-corrected chi connectivity index (χ4v) is 4.45. The molecule has 0 unspecified atom stereocenters. The Hall–Kier alpha value is -3.69. The zero-order chi connectivity index (χ0) is 21.8. The van der Waals surface area contributed by atoms with Gasteiger partial charge in [-0.1, -0.05) is 6.92 Å². The quantitative estimate of drug-likeness (QED) is 0.509. The lowest BCUT2D eigenvalue weighted by Gasteiger charge is -2.45. The van der Waals surface area contributed by atoms with Gasteiger partial charge in [-0.3, -0.25) is 9.20 Å². The van der Waals surface area contributed by atoms with Crippen molar-refractivity contribution in [3.05, 3.63) is 30.9 Å². The lowest BCUT2D eigenvalue weighted by atomic mass is 9.66. The second kappa shape index (κ2) is 6.93. The second-order valence-electron chi connectivity index (χ2n) is 8.51. The normalized spacial score (nSPS) is 20.6. The van der Waals surface area contributed by atoms with Crippen molar-refractivity contribution < 1.29 is 9.53 Å². The number of carbonyl (C=O) groups is 1. The van der Waals surface area contributed by atoms with Gasteiger partial charge in [-0.25, -0.2) is 0 Å². The molecule has 1 aliphatic rings. The number of pyridine rings is 1. The summed E-state index contributed by atoms with van der Waals surface area (Å²) >= 11 is 0. The van der Waals surface area contributed by atoms with Crippen molar-refractivity contribution in [2.45, 2.75) is 25.8 Å². The van der Waals surface area contributed by atoms with Gasteiger partial charge in [0.2, 0.25) is 17.7 Å². The molecule has 1 saturated carbocycles. The van der Waals surface area contributed by atoms with Gasteiger partial charge in [-0.15, -0.1) is 10.2 Å². The van der Waals surface area contributed by atoms with Crippen LogP contribution in [0.1, 0.15) is 19.8 Å². The fourth-order valence-electron chi connectivity index (χ4n) is 4.45. The van der Waals surface area contributed by atoms with Crippen LogP contribution in [0.4, 0.5) is 5.95 Å². The van der Waals surface area contributed by atoms with Gasteiger partial charge in [0.15, 0.2) is 5.65 Å². The van der Waals surface area contributed by atoms with Crippen LogP contribution in [0.25, 0.3) is 27.8 Å². The van der Waals surface area contributed by atoms with Crippen LogP contribution in [0, 0.1) is 5.41 Å². The molecule has 1 aliphatic carbocycles. The Morgan fingerprint density at radius 3 is 2.87 bits per heavy atom. The number of methoxy groups -OCH3 is 1. The Morgan fingerprint density at radius 1 is 1.32 bits per heavy atom. The van der Waals surface area contributed by atoms with Crippen LogP contribution < -0.4 is 10.1 Å². The number of nitrogens with zero attached hydrogens (tertiary/aromatic N) is 6. The van der Waals surface area contributed by atoms with Crippen molar-refractivity contribution in [2.24, 2.45) is 5.41 Å². The van der Waals surface area contributed by atoms with Crippen molar-refractivity contribution in [3.63, 3.8) is 0 Å². The summed E-state index contributed by atoms with van der Waals surface area (Å²) in [6.45, 7) is 2.00. The predicted octanol–water partition coefficient (Wildman–Crippen LogP) is 2.34. The maximum atomic E-state index is 12.4. The number of carbonyl (C=O) groups excluding carboxylic acids is 1. The number of fused-ring (bicyclic) bond motifs is 2. The molecular formula is C21H24N8O2. The van der Waals surface area contributed by atoms with Gasteiger partial charge in [0.05, 0.1) is 17.9 Å². The number of amides is 1. The largest absolute Gasteiger partial charge is 0.480 e. The third-order valence-electron chi connectivity index (χ3n) is 5.94. The first-order valence-corrected chi connectivity index (χ1v) is 10.1. The summed E-state index contributed by atoms with van der Waals surface area (Å²) in [6.07, 6.45) is 7.00. The minimum Gasteiger partial charge on any atom is -0.480 e.